The molecule has 0 saturated heterocycles. The highest BCUT2D eigenvalue weighted by atomic mass is 16.5. The van der Waals surface area contributed by atoms with Gasteiger partial charge in [-0.05, 0) is 6.07 Å². The first-order valence-corrected chi connectivity index (χ1v) is 3.85. The topological polar surface area (TPSA) is 69.9 Å². The quantitative estimate of drug-likeness (QED) is 0.567. The summed E-state index contributed by atoms with van der Waals surface area (Å²) in [4.78, 5) is 0. The highest BCUT2D eigenvalue weighted by molar-refractivity contribution is 5.27. The average molecular weight is 183 g/mol. The molecule has 71 valence electrons. The maximum absolute atomic E-state index is 8.81. The van der Waals surface area contributed by atoms with Gasteiger partial charge in [0.2, 0.25) is 0 Å². The molecule has 3 N–H and O–H groups in total. The molecule has 0 atom stereocenters. The van der Waals surface area contributed by atoms with E-state index >= 15 is 0 Å². The monoisotopic (exact) mass is 183 g/mol. The van der Waals surface area contributed by atoms with E-state index in [1.807, 2.05) is 0 Å². The number of hydrogen-bond acceptors (Lipinski definition) is 4. The van der Waals surface area contributed by atoms with Crippen LogP contribution in [-0.2, 0) is 0 Å². The van der Waals surface area contributed by atoms with E-state index < -0.39 is 6.29 Å². The zero-order chi connectivity index (χ0) is 9.68. The summed E-state index contributed by atoms with van der Waals surface area (Å²) in [5.41, 5.74) is 0.340. The number of ether oxygens (including phenoxy) is 1. The van der Waals surface area contributed by atoms with Crippen LogP contribution in [0.2, 0.25) is 0 Å². The average Bonchev–Trinajstić information content (AvgIpc) is 2.15. The Bertz CT molecular complexity index is 260. The number of hydrogen-bond donors (Lipinski definition) is 3. The van der Waals surface area contributed by atoms with Gasteiger partial charge in [0.15, 0.2) is 6.29 Å². The first-order valence-electron chi connectivity index (χ1n) is 3.85. The van der Waals surface area contributed by atoms with E-state index in [1.165, 1.54) is 18.2 Å². The molecule has 4 heteroatoms. The second kappa shape index (κ2) is 4.81. The first kappa shape index (κ1) is 9.98. The minimum absolute atomic E-state index is 0.0836. The lowest BCUT2D eigenvalue weighted by Crippen LogP contribution is -2.02. The van der Waals surface area contributed by atoms with Crippen molar-refractivity contribution >= 4 is 0 Å². The predicted octanol–water partition coefficient (Wildman–Crippen LogP) is -0.159. The summed E-state index contributed by atoms with van der Waals surface area (Å²) in [7, 11) is 0. The molecule has 1 radical (unpaired) electrons. The van der Waals surface area contributed by atoms with E-state index in [-0.39, 0.29) is 13.2 Å². The molecule has 4 nitrogen and oxygen atoms in total. The Morgan fingerprint density at radius 1 is 1.46 bits per heavy atom. The fraction of sp³-hybridized carbons (Fsp3) is 0.333. The van der Waals surface area contributed by atoms with Gasteiger partial charge in [-0.25, -0.2) is 0 Å². The van der Waals surface area contributed by atoms with Crippen LogP contribution in [0.4, 0.5) is 0 Å². The van der Waals surface area contributed by atoms with Gasteiger partial charge in [0, 0.05) is 11.6 Å². The first-order chi connectivity index (χ1) is 6.24. The SMILES string of the molecule is OCCOc1[c]ccc(C(O)O)c1. The van der Waals surface area contributed by atoms with Crippen molar-refractivity contribution < 1.29 is 20.1 Å². The molecule has 13 heavy (non-hydrogen) atoms. The summed E-state index contributed by atoms with van der Waals surface area (Å²) in [5, 5.41) is 26.1. The Balaban J connectivity index is 2.68. The van der Waals surface area contributed by atoms with Crippen LogP contribution in [-0.4, -0.2) is 28.5 Å². The number of aliphatic hydroxyl groups excluding tert-OH is 2. The zero-order valence-corrected chi connectivity index (χ0v) is 6.97. The Labute approximate surface area is 76.0 Å². The second-order valence-electron chi connectivity index (χ2n) is 2.43. The molecule has 0 saturated carbocycles. The van der Waals surface area contributed by atoms with Gasteiger partial charge >= 0.3 is 0 Å². The molecule has 1 aromatic carbocycles. The van der Waals surface area contributed by atoms with Gasteiger partial charge in [-0.2, -0.15) is 0 Å². The van der Waals surface area contributed by atoms with E-state index in [9.17, 15) is 0 Å². The predicted molar refractivity (Wildman–Crippen MR) is 45.0 cm³/mol. The summed E-state index contributed by atoms with van der Waals surface area (Å²) < 4.78 is 5.02. The smallest absolute Gasteiger partial charge is 0.178 e. The molecule has 0 aliphatic carbocycles. The summed E-state index contributed by atoms with van der Waals surface area (Å²) >= 11 is 0. The molecular weight excluding hydrogens is 172 g/mol. The maximum Gasteiger partial charge on any atom is 0.178 e. The number of aliphatic hydroxyl groups is 3. The Morgan fingerprint density at radius 2 is 2.23 bits per heavy atom. The third-order valence-electron chi connectivity index (χ3n) is 1.45. The summed E-state index contributed by atoms with van der Waals surface area (Å²) in [6.45, 7) is 0.0845. The highest BCUT2D eigenvalue weighted by Crippen LogP contribution is 2.16. The van der Waals surface area contributed by atoms with Gasteiger partial charge in [0.1, 0.15) is 12.4 Å². The normalized spacial score (nSPS) is 10.5. The van der Waals surface area contributed by atoms with E-state index in [0.29, 0.717) is 11.3 Å². The standard InChI is InChI=1S/C9H11O4/c10-4-5-13-8-3-1-2-7(6-8)9(11)12/h1-2,6,9-12H,4-5H2. The molecule has 0 spiro atoms. The van der Waals surface area contributed by atoms with E-state index in [1.54, 1.807) is 0 Å². The van der Waals surface area contributed by atoms with Gasteiger partial charge in [0.25, 0.3) is 0 Å². The molecule has 0 bridgehead atoms. The van der Waals surface area contributed by atoms with Crippen molar-refractivity contribution in [2.45, 2.75) is 6.29 Å². The van der Waals surface area contributed by atoms with Gasteiger partial charge in [0.05, 0.1) is 6.61 Å². The lowest BCUT2D eigenvalue weighted by Gasteiger charge is -2.07. The van der Waals surface area contributed by atoms with Crippen LogP contribution in [0, 0.1) is 6.07 Å². The van der Waals surface area contributed by atoms with Crippen molar-refractivity contribution in [3.8, 4) is 5.75 Å². The van der Waals surface area contributed by atoms with Crippen molar-refractivity contribution in [2.24, 2.45) is 0 Å². The number of benzene rings is 1. The fourth-order valence-electron chi connectivity index (χ4n) is 0.861. The van der Waals surface area contributed by atoms with Gasteiger partial charge in [-0.1, -0.05) is 12.1 Å². The summed E-state index contributed by atoms with van der Waals surface area (Å²) in [5.74, 6) is 0.389. The molecule has 0 heterocycles. The Hall–Kier alpha value is -1.10. The molecule has 0 amide bonds. The fourth-order valence-corrected chi connectivity index (χ4v) is 0.861. The van der Waals surface area contributed by atoms with Crippen LogP contribution in [0.3, 0.4) is 0 Å². The highest BCUT2D eigenvalue weighted by Gasteiger charge is 2.03. The van der Waals surface area contributed by atoms with Crippen molar-refractivity contribution in [1.29, 1.82) is 0 Å². The Kier molecular flexibility index (Phi) is 3.70. The molecule has 0 aromatic heterocycles. The van der Waals surface area contributed by atoms with E-state index in [0.717, 1.165) is 0 Å². The van der Waals surface area contributed by atoms with Crippen molar-refractivity contribution in [3.05, 3.63) is 29.8 Å². The van der Waals surface area contributed by atoms with Crippen molar-refractivity contribution in [1.82, 2.24) is 0 Å². The van der Waals surface area contributed by atoms with E-state index in [2.05, 4.69) is 6.07 Å². The third kappa shape index (κ3) is 3.02. The van der Waals surface area contributed by atoms with Crippen molar-refractivity contribution in [2.75, 3.05) is 13.2 Å². The van der Waals surface area contributed by atoms with Crippen LogP contribution < -0.4 is 4.74 Å². The van der Waals surface area contributed by atoms with Crippen molar-refractivity contribution in [3.63, 3.8) is 0 Å². The zero-order valence-electron chi connectivity index (χ0n) is 6.97. The van der Waals surface area contributed by atoms with Crippen LogP contribution in [0.1, 0.15) is 11.9 Å². The van der Waals surface area contributed by atoms with Crippen LogP contribution in [0.5, 0.6) is 5.75 Å². The lowest BCUT2D eigenvalue weighted by atomic mass is 10.2. The third-order valence-corrected chi connectivity index (χ3v) is 1.45. The van der Waals surface area contributed by atoms with Gasteiger partial charge < -0.3 is 20.1 Å². The van der Waals surface area contributed by atoms with Gasteiger partial charge in [-0.3, -0.25) is 0 Å². The Morgan fingerprint density at radius 3 is 2.85 bits per heavy atom. The molecule has 0 aliphatic heterocycles. The van der Waals surface area contributed by atoms with Crippen LogP contribution >= 0.6 is 0 Å². The van der Waals surface area contributed by atoms with E-state index in [4.69, 9.17) is 20.1 Å². The van der Waals surface area contributed by atoms with Crippen LogP contribution in [0.25, 0.3) is 0 Å². The minimum atomic E-state index is -1.51. The molecule has 0 fully saturated rings. The lowest BCUT2D eigenvalue weighted by molar-refractivity contribution is -0.0426. The molecule has 1 aromatic rings. The number of rotatable bonds is 4. The van der Waals surface area contributed by atoms with Crippen LogP contribution in [0.15, 0.2) is 18.2 Å². The van der Waals surface area contributed by atoms with Gasteiger partial charge in [-0.15, -0.1) is 0 Å². The minimum Gasteiger partial charge on any atom is -0.491 e. The second-order valence-corrected chi connectivity index (χ2v) is 2.43. The summed E-state index contributed by atoms with van der Waals surface area (Å²) in [6, 6.07) is 7.26. The molecular formula is C9H11O4. The molecule has 0 unspecified atom stereocenters. The summed E-state index contributed by atoms with van der Waals surface area (Å²) in [6.07, 6.45) is -1.51. The molecule has 1 rings (SSSR count). The molecule has 0 aliphatic rings. The largest absolute Gasteiger partial charge is 0.491 e. The maximum atomic E-state index is 8.81.